The van der Waals surface area contributed by atoms with Gasteiger partial charge in [0.05, 0.1) is 13.7 Å². The average molecular weight is 337 g/mol. The van der Waals surface area contributed by atoms with Crippen LogP contribution in [0.2, 0.25) is 18.1 Å². The molecule has 2 rings (SSSR count). The number of ether oxygens (including phenoxy) is 1. The fourth-order valence-corrected chi connectivity index (χ4v) is 3.08. The van der Waals surface area contributed by atoms with Crippen molar-refractivity contribution in [1.82, 2.24) is 0 Å². The molecule has 0 unspecified atom stereocenters. The predicted molar refractivity (Wildman–Crippen MR) is 94.0 cm³/mol. The maximum atomic E-state index is 6.18. The van der Waals surface area contributed by atoms with Crippen molar-refractivity contribution in [2.45, 2.75) is 51.1 Å². The second-order valence-corrected chi connectivity index (χ2v) is 12.2. The van der Waals surface area contributed by atoms with Crippen LogP contribution in [-0.4, -0.2) is 28.1 Å². The highest BCUT2D eigenvalue weighted by atomic mass is 28.4. The number of rotatable bonds is 5. The monoisotopic (exact) mass is 336 g/mol. The van der Waals surface area contributed by atoms with Crippen LogP contribution in [0, 0.1) is 0 Å². The smallest absolute Gasteiger partial charge is 0.192 e. The van der Waals surface area contributed by atoms with Crippen molar-refractivity contribution in [3.63, 3.8) is 0 Å². The molecule has 0 N–H and O–H groups in total. The van der Waals surface area contributed by atoms with E-state index < -0.39 is 8.32 Å². The van der Waals surface area contributed by atoms with Gasteiger partial charge in [0.15, 0.2) is 8.32 Å². The summed E-state index contributed by atoms with van der Waals surface area (Å²) in [6, 6.07) is 7.79. The van der Waals surface area contributed by atoms with Gasteiger partial charge in [0, 0.05) is 5.56 Å². The van der Waals surface area contributed by atoms with E-state index in [4.69, 9.17) is 18.9 Å². The van der Waals surface area contributed by atoms with Gasteiger partial charge in [-0.1, -0.05) is 45.0 Å². The third-order valence-electron chi connectivity index (χ3n) is 4.64. The Morgan fingerprint density at radius 1 is 1.09 bits per heavy atom. The molecule has 0 amide bonds. The minimum Gasteiger partial charge on any atom is -0.496 e. The molecular formula is C18H28O4Si. The quantitative estimate of drug-likeness (QED) is 0.446. The summed E-state index contributed by atoms with van der Waals surface area (Å²) in [5.41, 5.74) is 0.954. The Morgan fingerprint density at radius 3 is 2.35 bits per heavy atom. The zero-order chi connectivity index (χ0) is 17.1. The van der Waals surface area contributed by atoms with Crippen molar-refractivity contribution in [1.29, 1.82) is 0 Å². The zero-order valence-corrected chi connectivity index (χ0v) is 16.0. The first-order chi connectivity index (χ1) is 10.7. The van der Waals surface area contributed by atoms with Gasteiger partial charge in [0.2, 0.25) is 0 Å². The maximum Gasteiger partial charge on any atom is 0.192 e. The van der Waals surface area contributed by atoms with Crippen LogP contribution in [0.5, 0.6) is 5.75 Å². The van der Waals surface area contributed by atoms with Gasteiger partial charge in [-0.2, -0.15) is 0 Å². The Balaban J connectivity index is 1.96. The minimum absolute atomic E-state index is 0.171. The van der Waals surface area contributed by atoms with Crippen molar-refractivity contribution in [3.05, 3.63) is 42.0 Å². The molecule has 0 aliphatic carbocycles. The van der Waals surface area contributed by atoms with Gasteiger partial charge in [-0.15, -0.1) is 0 Å². The first-order valence-electron chi connectivity index (χ1n) is 8.02. The van der Waals surface area contributed by atoms with Crippen molar-refractivity contribution in [2.75, 3.05) is 13.7 Å². The highest BCUT2D eigenvalue weighted by Crippen LogP contribution is 2.37. The lowest BCUT2D eigenvalue weighted by Crippen LogP contribution is -2.43. The van der Waals surface area contributed by atoms with Crippen LogP contribution >= 0.6 is 0 Å². The molecule has 0 radical (unpaired) electrons. The lowest BCUT2D eigenvalue weighted by atomic mass is 10.1. The van der Waals surface area contributed by atoms with E-state index in [1.807, 2.05) is 36.4 Å². The van der Waals surface area contributed by atoms with Crippen LogP contribution in [0.3, 0.4) is 0 Å². The third kappa shape index (κ3) is 4.44. The van der Waals surface area contributed by atoms with E-state index in [2.05, 4.69) is 33.9 Å². The number of para-hydroxylation sites is 1. The summed E-state index contributed by atoms with van der Waals surface area (Å²) in [6.45, 7) is 11.7. The van der Waals surface area contributed by atoms with E-state index >= 15 is 0 Å². The Labute approximate surface area is 140 Å². The summed E-state index contributed by atoms with van der Waals surface area (Å²) in [6.07, 6.45) is 3.58. The van der Waals surface area contributed by atoms with Crippen LogP contribution in [0.4, 0.5) is 0 Å². The Kier molecular flexibility index (Phi) is 5.68. The molecule has 23 heavy (non-hydrogen) atoms. The number of methoxy groups -OCH3 is 1. The second kappa shape index (κ2) is 7.17. The molecular weight excluding hydrogens is 308 g/mol. The van der Waals surface area contributed by atoms with Crippen molar-refractivity contribution < 1.29 is 18.9 Å². The molecule has 0 spiro atoms. The summed E-state index contributed by atoms with van der Waals surface area (Å²) in [4.78, 5) is 11.0. The van der Waals surface area contributed by atoms with Gasteiger partial charge >= 0.3 is 0 Å². The van der Waals surface area contributed by atoms with Crippen molar-refractivity contribution >= 4 is 8.32 Å². The van der Waals surface area contributed by atoms with E-state index in [0.29, 0.717) is 6.61 Å². The van der Waals surface area contributed by atoms with Crippen molar-refractivity contribution in [3.8, 4) is 5.75 Å². The van der Waals surface area contributed by atoms with Crippen LogP contribution in [0.25, 0.3) is 0 Å². The van der Waals surface area contributed by atoms with Gasteiger partial charge in [-0.25, -0.2) is 9.78 Å². The molecule has 1 aliphatic heterocycles. The fraction of sp³-hybridized carbons (Fsp3) is 0.556. The number of hydrogen-bond acceptors (Lipinski definition) is 4. The summed E-state index contributed by atoms with van der Waals surface area (Å²) < 4.78 is 11.5. The molecule has 0 saturated carbocycles. The van der Waals surface area contributed by atoms with E-state index in [9.17, 15) is 0 Å². The highest BCUT2D eigenvalue weighted by molar-refractivity contribution is 6.74. The summed E-state index contributed by atoms with van der Waals surface area (Å²) in [7, 11) is -0.119. The summed E-state index contributed by atoms with van der Waals surface area (Å²) in [5.74, 6) is 0.793. The van der Waals surface area contributed by atoms with E-state index in [-0.39, 0.29) is 17.2 Å². The first kappa shape index (κ1) is 18.2. The Hall–Kier alpha value is -1.14. The van der Waals surface area contributed by atoms with Gasteiger partial charge in [-0.05, 0) is 30.3 Å². The molecule has 0 aromatic heterocycles. The minimum atomic E-state index is -1.77. The lowest BCUT2D eigenvalue weighted by Gasteiger charge is -2.37. The molecule has 0 saturated heterocycles. The predicted octanol–water partition coefficient (Wildman–Crippen LogP) is 4.64. The molecule has 1 aliphatic rings. The summed E-state index contributed by atoms with van der Waals surface area (Å²) in [5, 5.41) is 0.187. The Bertz CT molecular complexity index is 548. The molecule has 0 bridgehead atoms. The van der Waals surface area contributed by atoms with Gasteiger partial charge in [-0.3, -0.25) is 0 Å². The Morgan fingerprint density at radius 2 is 1.78 bits per heavy atom. The molecule has 5 heteroatoms. The average Bonchev–Trinajstić information content (AvgIpc) is 2.52. The molecule has 1 heterocycles. The zero-order valence-electron chi connectivity index (χ0n) is 15.0. The highest BCUT2D eigenvalue weighted by Gasteiger charge is 2.38. The molecule has 1 aromatic rings. The maximum absolute atomic E-state index is 6.18. The van der Waals surface area contributed by atoms with Crippen LogP contribution in [0.1, 0.15) is 32.4 Å². The molecule has 128 valence electrons. The number of benzene rings is 1. The van der Waals surface area contributed by atoms with E-state index in [1.54, 1.807) is 7.11 Å². The van der Waals surface area contributed by atoms with Crippen molar-refractivity contribution in [2.24, 2.45) is 0 Å². The first-order valence-corrected chi connectivity index (χ1v) is 10.9. The topological polar surface area (TPSA) is 36.9 Å². The van der Waals surface area contributed by atoms with Gasteiger partial charge in [0.25, 0.3) is 0 Å². The third-order valence-corrected chi connectivity index (χ3v) is 9.14. The largest absolute Gasteiger partial charge is 0.496 e. The van der Waals surface area contributed by atoms with Crippen LogP contribution in [-0.2, 0) is 14.2 Å². The van der Waals surface area contributed by atoms with Gasteiger partial charge < -0.3 is 9.16 Å². The standard InChI is InChI=1S/C18H28O4Si/c1-18(2,3)23(5,6)20-13-14-11-12-17(22-21-14)15-9-7-8-10-16(15)19-4/h7-12,14,17H,13H2,1-6H3/t14-,17+/m1/s1. The van der Waals surface area contributed by atoms with E-state index in [0.717, 1.165) is 11.3 Å². The fourth-order valence-electron chi connectivity index (χ4n) is 2.07. The molecule has 2 atom stereocenters. The van der Waals surface area contributed by atoms with Crippen LogP contribution < -0.4 is 4.74 Å². The molecule has 0 fully saturated rings. The normalized spacial score (nSPS) is 22.2. The molecule has 4 nitrogen and oxygen atoms in total. The SMILES string of the molecule is COc1ccccc1[C@@H]1C=C[C@H](CO[Si](C)(C)C(C)(C)C)OO1. The second-order valence-electron chi connectivity index (χ2n) is 7.35. The summed E-state index contributed by atoms with van der Waals surface area (Å²) >= 11 is 0. The van der Waals surface area contributed by atoms with Gasteiger partial charge in [0.1, 0.15) is 18.0 Å². The molecule has 1 aromatic carbocycles. The lowest BCUT2D eigenvalue weighted by molar-refractivity contribution is -0.345. The number of hydrogen-bond donors (Lipinski definition) is 0. The van der Waals surface area contributed by atoms with Crippen LogP contribution in [0.15, 0.2) is 36.4 Å². The van der Waals surface area contributed by atoms with E-state index in [1.165, 1.54) is 0 Å².